The smallest absolute Gasteiger partial charge is 0.269 e. The summed E-state index contributed by atoms with van der Waals surface area (Å²) in [5.41, 5.74) is 3.48. The van der Waals surface area contributed by atoms with E-state index >= 15 is 0 Å². The lowest BCUT2D eigenvalue weighted by Crippen LogP contribution is -2.24. The van der Waals surface area contributed by atoms with Crippen molar-refractivity contribution in [2.45, 2.75) is 6.61 Å². The maximum atomic E-state index is 11.9. The van der Waals surface area contributed by atoms with Crippen LogP contribution in [0.3, 0.4) is 0 Å². The minimum absolute atomic E-state index is 0.207. The van der Waals surface area contributed by atoms with Gasteiger partial charge in [0.05, 0.1) is 22.2 Å². The molecule has 0 heterocycles. The second-order valence-corrected chi connectivity index (χ2v) is 4.62. The van der Waals surface area contributed by atoms with Crippen molar-refractivity contribution in [1.29, 1.82) is 0 Å². The summed E-state index contributed by atoms with van der Waals surface area (Å²) in [7, 11) is 0. The topological polar surface area (TPSA) is 38.3 Å². The summed E-state index contributed by atoms with van der Waals surface area (Å²) in [6, 6.07) is 14.4. The van der Waals surface area contributed by atoms with E-state index in [1.807, 2.05) is 30.3 Å². The van der Waals surface area contributed by atoms with E-state index in [1.54, 1.807) is 18.2 Å². The minimum atomic E-state index is -0.466. The largest absolute Gasteiger partial charge is 0.277 e. The maximum absolute atomic E-state index is 11.9. The second-order valence-electron chi connectivity index (χ2n) is 3.80. The van der Waals surface area contributed by atoms with Crippen LogP contribution in [0.5, 0.6) is 0 Å². The fourth-order valence-electron chi connectivity index (χ4n) is 1.52. The Kier molecular flexibility index (Phi) is 4.80. The van der Waals surface area contributed by atoms with Crippen LogP contribution in [0.2, 0.25) is 10.0 Å². The van der Waals surface area contributed by atoms with Crippen LogP contribution in [-0.2, 0) is 11.4 Å². The molecule has 1 amide bonds. The van der Waals surface area contributed by atoms with Crippen LogP contribution in [-0.4, -0.2) is 5.91 Å². The van der Waals surface area contributed by atoms with Gasteiger partial charge in [-0.25, -0.2) is 5.48 Å². The molecule has 5 heteroatoms. The highest BCUT2D eigenvalue weighted by atomic mass is 35.5. The Morgan fingerprint density at radius 2 is 1.63 bits per heavy atom. The number of hydrogen-bond donors (Lipinski definition) is 1. The van der Waals surface area contributed by atoms with Crippen LogP contribution >= 0.6 is 23.2 Å². The van der Waals surface area contributed by atoms with Gasteiger partial charge in [-0.15, -0.1) is 0 Å². The van der Waals surface area contributed by atoms with Gasteiger partial charge in [0.2, 0.25) is 0 Å². The molecule has 98 valence electrons. The Balaban J connectivity index is 1.95. The third kappa shape index (κ3) is 3.70. The standard InChI is InChI=1S/C14H11Cl2NO2/c15-11-7-4-8-12(16)13(11)14(18)17-19-9-10-5-2-1-3-6-10/h1-8H,9H2,(H,17,18). The molecule has 0 atom stereocenters. The van der Waals surface area contributed by atoms with Crippen molar-refractivity contribution in [2.24, 2.45) is 0 Å². The van der Waals surface area contributed by atoms with E-state index in [-0.39, 0.29) is 22.2 Å². The Morgan fingerprint density at radius 1 is 1.00 bits per heavy atom. The van der Waals surface area contributed by atoms with Crippen LogP contribution in [0.4, 0.5) is 0 Å². The van der Waals surface area contributed by atoms with E-state index in [0.717, 1.165) is 5.56 Å². The maximum Gasteiger partial charge on any atom is 0.277 e. The van der Waals surface area contributed by atoms with Crippen LogP contribution in [0, 0.1) is 0 Å². The Hall–Kier alpha value is -1.55. The lowest BCUT2D eigenvalue weighted by atomic mass is 10.2. The van der Waals surface area contributed by atoms with Crippen LogP contribution < -0.4 is 5.48 Å². The van der Waals surface area contributed by atoms with Crippen molar-refractivity contribution >= 4 is 29.1 Å². The predicted molar refractivity (Wildman–Crippen MR) is 75.2 cm³/mol. The molecule has 3 nitrogen and oxygen atoms in total. The first-order valence-electron chi connectivity index (χ1n) is 5.58. The molecule has 0 radical (unpaired) electrons. The molecule has 0 aliphatic carbocycles. The average Bonchev–Trinajstić information content (AvgIpc) is 2.40. The predicted octanol–water partition coefficient (Wildman–Crippen LogP) is 3.86. The van der Waals surface area contributed by atoms with E-state index in [1.165, 1.54) is 0 Å². The second kappa shape index (κ2) is 6.57. The summed E-state index contributed by atoms with van der Waals surface area (Å²) < 4.78 is 0. The van der Waals surface area contributed by atoms with Gasteiger partial charge in [-0.1, -0.05) is 59.6 Å². The summed E-state index contributed by atoms with van der Waals surface area (Å²) in [6.45, 7) is 0.272. The van der Waals surface area contributed by atoms with Gasteiger partial charge in [0.15, 0.2) is 0 Å². The molecule has 0 unspecified atom stereocenters. The summed E-state index contributed by atoms with van der Waals surface area (Å²) >= 11 is 11.8. The minimum Gasteiger partial charge on any atom is -0.269 e. The number of benzene rings is 2. The molecule has 0 aliphatic heterocycles. The van der Waals surface area contributed by atoms with Crippen molar-refractivity contribution in [1.82, 2.24) is 5.48 Å². The summed E-state index contributed by atoms with van der Waals surface area (Å²) in [6.07, 6.45) is 0. The van der Waals surface area contributed by atoms with Crippen molar-refractivity contribution in [3.8, 4) is 0 Å². The Bertz CT molecular complexity index is 553. The summed E-state index contributed by atoms with van der Waals surface area (Å²) in [5.74, 6) is -0.466. The number of hydrogen-bond acceptors (Lipinski definition) is 2. The molecule has 2 aromatic rings. The molecule has 19 heavy (non-hydrogen) atoms. The third-order valence-corrected chi connectivity index (χ3v) is 3.07. The average molecular weight is 296 g/mol. The molecular weight excluding hydrogens is 285 g/mol. The van der Waals surface area contributed by atoms with E-state index < -0.39 is 5.91 Å². The monoisotopic (exact) mass is 295 g/mol. The highest BCUT2D eigenvalue weighted by Gasteiger charge is 2.14. The summed E-state index contributed by atoms with van der Waals surface area (Å²) in [5, 5.41) is 0.571. The first kappa shape index (κ1) is 13.9. The van der Waals surface area contributed by atoms with Gasteiger partial charge in [-0.05, 0) is 17.7 Å². The van der Waals surface area contributed by atoms with Gasteiger partial charge in [-0.3, -0.25) is 9.63 Å². The molecular formula is C14H11Cl2NO2. The highest BCUT2D eigenvalue weighted by Crippen LogP contribution is 2.23. The van der Waals surface area contributed by atoms with Gasteiger partial charge < -0.3 is 0 Å². The lowest BCUT2D eigenvalue weighted by Gasteiger charge is -2.08. The zero-order valence-corrected chi connectivity index (χ0v) is 11.4. The molecule has 0 aliphatic rings. The van der Waals surface area contributed by atoms with Crippen molar-refractivity contribution < 1.29 is 9.63 Å². The molecule has 0 spiro atoms. The SMILES string of the molecule is O=C(NOCc1ccccc1)c1c(Cl)cccc1Cl. The Morgan fingerprint density at radius 3 is 2.26 bits per heavy atom. The van der Waals surface area contributed by atoms with E-state index in [2.05, 4.69) is 5.48 Å². The van der Waals surface area contributed by atoms with E-state index in [0.29, 0.717) is 0 Å². The number of carbonyl (C=O) groups is 1. The lowest BCUT2D eigenvalue weighted by molar-refractivity contribution is 0.0234. The molecule has 0 fully saturated rings. The first-order valence-corrected chi connectivity index (χ1v) is 6.34. The van der Waals surface area contributed by atoms with Gasteiger partial charge >= 0.3 is 0 Å². The molecule has 0 bridgehead atoms. The number of halogens is 2. The van der Waals surface area contributed by atoms with Gasteiger partial charge in [0.25, 0.3) is 5.91 Å². The molecule has 2 aromatic carbocycles. The zero-order valence-electron chi connectivity index (χ0n) is 9.90. The molecule has 1 N–H and O–H groups in total. The van der Waals surface area contributed by atoms with Crippen molar-refractivity contribution in [3.63, 3.8) is 0 Å². The Labute approximate surface area is 121 Å². The molecule has 0 aromatic heterocycles. The van der Waals surface area contributed by atoms with Gasteiger partial charge in [0, 0.05) is 0 Å². The number of rotatable bonds is 4. The first-order chi connectivity index (χ1) is 9.18. The number of nitrogens with one attached hydrogen (secondary N) is 1. The molecule has 0 saturated heterocycles. The van der Waals surface area contributed by atoms with E-state index in [9.17, 15) is 4.79 Å². The van der Waals surface area contributed by atoms with Crippen molar-refractivity contribution in [2.75, 3.05) is 0 Å². The number of hydroxylamine groups is 1. The summed E-state index contributed by atoms with van der Waals surface area (Å²) in [4.78, 5) is 17.0. The third-order valence-electron chi connectivity index (χ3n) is 2.44. The molecule has 2 rings (SSSR count). The quantitative estimate of drug-likeness (QED) is 0.870. The van der Waals surface area contributed by atoms with Crippen LogP contribution in [0.15, 0.2) is 48.5 Å². The van der Waals surface area contributed by atoms with E-state index in [4.69, 9.17) is 28.0 Å². The van der Waals surface area contributed by atoms with Crippen LogP contribution in [0.25, 0.3) is 0 Å². The van der Waals surface area contributed by atoms with Gasteiger partial charge in [-0.2, -0.15) is 0 Å². The fraction of sp³-hybridized carbons (Fsp3) is 0.0714. The van der Waals surface area contributed by atoms with Crippen LogP contribution in [0.1, 0.15) is 15.9 Å². The molecule has 0 saturated carbocycles. The highest BCUT2D eigenvalue weighted by molar-refractivity contribution is 6.39. The number of amides is 1. The zero-order chi connectivity index (χ0) is 13.7. The van der Waals surface area contributed by atoms with Gasteiger partial charge in [0.1, 0.15) is 0 Å². The normalized spacial score (nSPS) is 10.2. The number of carbonyl (C=O) groups excluding carboxylic acids is 1. The van der Waals surface area contributed by atoms with Crippen molar-refractivity contribution in [3.05, 3.63) is 69.7 Å². The fourth-order valence-corrected chi connectivity index (χ4v) is 2.09.